The monoisotopic (exact) mass is 212 g/mol. The number of ether oxygens (including phenoxy) is 1. The molecule has 0 radical (unpaired) electrons. The van der Waals surface area contributed by atoms with Crippen LogP contribution in [0.3, 0.4) is 0 Å². The lowest BCUT2D eigenvalue weighted by Gasteiger charge is -2.41. The van der Waals surface area contributed by atoms with E-state index in [1.54, 1.807) is 0 Å². The van der Waals surface area contributed by atoms with Gasteiger partial charge in [0, 0.05) is 24.7 Å². The second-order valence-electron chi connectivity index (χ2n) is 5.39. The summed E-state index contributed by atoms with van der Waals surface area (Å²) >= 11 is 0. The molecule has 0 bridgehead atoms. The van der Waals surface area contributed by atoms with Crippen LogP contribution in [-0.4, -0.2) is 48.8 Å². The van der Waals surface area contributed by atoms with Crippen molar-refractivity contribution in [2.75, 3.05) is 26.2 Å². The summed E-state index contributed by atoms with van der Waals surface area (Å²) in [7, 11) is 0. The first-order valence-electron chi connectivity index (χ1n) is 6.23. The highest BCUT2D eigenvalue weighted by molar-refractivity contribution is 4.96. The van der Waals surface area contributed by atoms with Crippen LogP contribution in [0.1, 0.15) is 33.6 Å². The highest BCUT2D eigenvalue weighted by Crippen LogP contribution is 2.26. The van der Waals surface area contributed by atoms with Gasteiger partial charge in [0.15, 0.2) is 0 Å². The van der Waals surface area contributed by atoms with E-state index in [0.29, 0.717) is 6.10 Å². The SMILES string of the molecule is CCN1CCO[C@@H](C(C)(C)NC2CC2)C1. The molecule has 2 rings (SSSR count). The van der Waals surface area contributed by atoms with Crippen molar-refractivity contribution in [3.8, 4) is 0 Å². The van der Waals surface area contributed by atoms with Gasteiger partial charge in [-0.2, -0.15) is 0 Å². The van der Waals surface area contributed by atoms with Gasteiger partial charge < -0.3 is 10.1 Å². The fourth-order valence-electron chi connectivity index (χ4n) is 2.27. The summed E-state index contributed by atoms with van der Waals surface area (Å²) in [5, 5.41) is 3.69. The van der Waals surface area contributed by atoms with Crippen LogP contribution in [0.25, 0.3) is 0 Å². The van der Waals surface area contributed by atoms with E-state index in [1.165, 1.54) is 12.8 Å². The van der Waals surface area contributed by atoms with Crippen molar-refractivity contribution in [1.82, 2.24) is 10.2 Å². The normalized spacial score (nSPS) is 29.4. The maximum absolute atomic E-state index is 5.90. The Bertz CT molecular complexity index is 214. The van der Waals surface area contributed by atoms with E-state index >= 15 is 0 Å². The molecule has 2 fully saturated rings. The van der Waals surface area contributed by atoms with Crippen molar-refractivity contribution in [3.63, 3.8) is 0 Å². The Kier molecular flexibility index (Phi) is 3.33. The molecular weight excluding hydrogens is 188 g/mol. The first-order valence-corrected chi connectivity index (χ1v) is 6.23. The average Bonchev–Trinajstić information content (AvgIpc) is 3.01. The minimum absolute atomic E-state index is 0.120. The van der Waals surface area contributed by atoms with Gasteiger partial charge in [-0.15, -0.1) is 0 Å². The van der Waals surface area contributed by atoms with Gasteiger partial charge in [-0.05, 0) is 33.2 Å². The summed E-state index contributed by atoms with van der Waals surface area (Å²) < 4.78 is 5.90. The Morgan fingerprint density at radius 2 is 2.13 bits per heavy atom. The molecule has 2 aliphatic rings. The molecule has 0 aromatic rings. The molecule has 1 saturated heterocycles. The van der Waals surface area contributed by atoms with Gasteiger partial charge in [0.1, 0.15) is 0 Å². The van der Waals surface area contributed by atoms with Gasteiger partial charge in [-0.1, -0.05) is 6.92 Å². The lowest BCUT2D eigenvalue weighted by Crippen LogP contribution is -2.58. The number of hydrogen-bond donors (Lipinski definition) is 1. The van der Waals surface area contributed by atoms with Crippen molar-refractivity contribution in [2.24, 2.45) is 0 Å². The average molecular weight is 212 g/mol. The van der Waals surface area contributed by atoms with Crippen LogP contribution in [0, 0.1) is 0 Å². The summed E-state index contributed by atoms with van der Waals surface area (Å²) in [5.74, 6) is 0. The van der Waals surface area contributed by atoms with Crippen LogP contribution in [0.4, 0.5) is 0 Å². The van der Waals surface area contributed by atoms with Gasteiger partial charge >= 0.3 is 0 Å². The predicted molar refractivity (Wildman–Crippen MR) is 62.1 cm³/mol. The Balaban J connectivity index is 1.89. The molecule has 1 N–H and O–H groups in total. The zero-order valence-electron chi connectivity index (χ0n) is 10.3. The second-order valence-corrected chi connectivity index (χ2v) is 5.39. The van der Waals surface area contributed by atoms with Crippen molar-refractivity contribution < 1.29 is 4.74 Å². The fourth-order valence-corrected chi connectivity index (χ4v) is 2.27. The number of morpholine rings is 1. The lowest BCUT2D eigenvalue weighted by atomic mass is 9.95. The highest BCUT2D eigenvalue weighted by Gasteiger charge is 2.37. The van der Waals surface area contributed by atoms with Gasteiger partial charge in [0.2, 0.25) is 0 Å². The third-order valence-electron chi connectivity index (χ3n) is 3.56. The molecule has 0 spiro atoms. The lowest BCUT2D eigenvalue weighted by molar-refractivity contribution is -0.0666. The van der Waals surface area contributed by atoms with Crippen LogP contribution < -0.4 is 5.32 Å². The maximum atomic E-state index is 5.90. The molecule has 3 heteroatoms. The van der Waals surface area contributed by atoms with E-state index < -0.39 is 0 Å². The number of nitrogens with zero attached hydrogens (tertiary/aromatic N) is 1. The Labute approximate surface area is 93.2 Å². The molecule has 1 aliphatic heterocycles. The largest absolute Gasteiger partial charge is 0.374 e. The fraction of sp³-hybridized carbons (Fsp3) is 1.00. The molecule has 0 aromatic carbocycles. The van der Waals surface area contributed by atoms with Crippen molar-refractivity contribution in [1.29, 1.82) is 0 Å². The van der Waals surface area contributed by atoms with Crippen LogP contribution in [-0.2, 0) is 4.74 Å². The zero-order chi connectivity index (χ0) is 10.9. The third kappa shape index (κ3) is 2.92. The number of likely N-dealkylation sites (N-methyl/N-ethyl adjacent to an activating group) is 1. The minimum atomic E-state index is 0.120. The zero-order valence-corrected chi connectivity index (χ0v) is 10.3. The molecule has 1 saturated carbocycles. The summed E-state index contributed by atoms with van der Waals surface area (Å²) in [6.07, 6.45) is 3.02. The smallest absolute Gasteiger partial charge is 0.0878 e. The Morgan fingerprint density at radius 3 is 2.73 bits per heavy atom. The van der Waals surface area contributed by atoms with Gasteiger partial charge in [0.25, 0.3) is 0 Å². The van der Waals surface area contributed by atoms with Crippen LogP contribution in [0.2, 0.25) is 0 Å². The van der Waals surface area contributed by atoms with E-state index in [1.807, 2.05) is 0 Å². The molecular formula is C12H24N2O. The molecule has 15 heavy (non-hydrogen) atoms. The number of rotatable bonds is 4. The van der Waals surface area contributed by atoms with E-state index in [2.05, 4.69) is 31.0 Å². The van der Waals surface area contributed by atoms with Gasteiger partial charge in [-0.3, -0.25) is 4.90 Å². The Morgan fingerprint density at radius 1 is 1.40 bits per heavy atom. The third-order valence-corrected chi connectivity index (χ3v) is 3.56. The van der Waals surface area contributed by atoms with Gasteiger partial charge in [0.05, 0.1) is 12.7 Å². The number of hydrogen-bond acceptors (Lipinski definition) is 3. The molecule has 88 valence electrons. The van der Waals surface area contributed by atoms with Crippen LogP contribution >= 0.6 is 0 Å². The number of nitrogens with one attached hydrogen (secondary N) is 1. The summed E-state index contributed by atoms with van der Waals surface area (Å²) in [5.41, 5.74) is 0.120. The van der Waals surface area contributed by atoms with Crippen molar-refractivity contribution >= 4 is 0 Å². The molecule has 0 unspecified atom stereocenters. The summed E-state index contributed by atoms with van der Waals surface area (Å²) in [6, 6.07) is 0.751. The van der Waals surface area contributed by atoms with Gasteiger partial charge in [-0.25, -0.2) is 0 Å². The molecule has 1 atom stereocenters. The van der Waals surface area contributed by atoms with E-state index in [0.717, 1.165) is 32.3 Å². The minimum Gasteiger partial charge on any atom is -0.374 e. The summed E-state index contributed by atoms with van der Waals surface area (Å²) in [4.78, 5) is 2.48. The first kappa shape index (κ1) is 11.4. The van der Waals surface area contributed by atoms with E-state index in [-0.39, 0.29) is 5.54 Å². The first-order chi connectivity index (χ1) is 7.12. The molecule has 1 heterocycles. The maximum Gasteiger partial charge on any atom is 0.0878 e. The van der Waals surface area contributed by atoms with Crippen LogP contribution in [0.5, 0.6) is 0 Å². The van der Waals surface area contributed by atoms with Crippen molar-refractivity contribution in [3.05, 3.63) is 0 Å². The van der Waals surface area contributed by atoms with E-state index in [9.17, 15) is 0 Å². The Hall–Kier alpha value is -0.120. The molecule has 3 nitrogen and oxygen atoms in total. The predicted octanol–water partition coefficient (Wildman–Crippen LogP) is 1.24. The quantitative estimate of drug-likeness (QED) is 0.759. The highest BCUT2D eigenvalue weighted by atomic mass is 16.5. The molecule has 0 amide bonds. The molecule has 1 aliphatic carbocycles. The standard InChI is InChI=1S/C12H24N2O/c1-4-14-7-8-15-11(9-14)12(2,3)13-10-5-6-10/h10-11,13H,4-9H2,1-3H3/t11-/m1/s1. The van der Waals surface area contributed by atoms with Crippen LogP contribution in [0.15, 0.2) is 0 Å². The van der Waals surface area contributed by atoms with Crippen molar-refractivity contribution in [2.45, 2.75) is 51.3 Å². The van der Waals surface area contributed by atoms with E-state index in [4.69, 9.17) is 4.74 Å². The summed E-state index contributed by atoms with van der Waals surface area (Å²) in [6.45, 7) is 11.0. The topological polar surface area (TPSA) is 24.5 Å². The second kappa shape index (κ2) is 4.40. The molecule has 0 aromatic heterocycles.